The Hall–Kier alpha value is -1.38. The van der Waals surface area contributed by atoms with Crippen molar-refractivity contribution in [2.45, 2.75) is 26.3 Å². The van der Waals surface area contributed by atoms with Crippen LogP contribution in [0.1, 0.15) is 25.3 Å². The Morgan fingerprint density at radius 3 is 2.13 bits per heavy atom. The Kier molecular flexibility index (Phi) is 11.4. The molecular weight excluding hydrogens is 409 g/mol. The Labute approximate surface area is 156 Å². The number of aliphatic imine (C=N–C) groups is 1. The van der Waals surface area contributed by atoms with Gasteiger partial charge < -0.3 is 24.8 Å². The number of ether oxygens (including phenoxy) is 3. The van der Waals surface area contributed by atoms with Crippen molar-refractivity contribution < 1.29 is 14.2 Å². The molecule has 2 N–H and O–H groups in total. The molecule has 0 aliphatic carbocycles. The highest BCUT2D eigenvalue weighted by Crippen LogP contribution is 2.34. The standard InChI is InChI=1S/C16H27N3O3.HI/c1-6-7-8-18-16(17-2)19-11-12-9-14(21-4)15(22-5)10-13(12)20-3;/h9-10H,6-8,11H2,1-5H3,(H2,17,18,19);1H. The predicted octanol–water partition coefficient (Wildman–Crippen LogP) is 2.80. The van der Waals surface area contributed by atoms with E-state index in [0.29, 0.717) is 18.0 Å². The highest BCUT2D eigenvalue weighted by molar-refractivity contribution is 14.0. The highest BCUT2D eigenvalue weighted by Gasteiger charge is 2.12. The molecule has 7 heteroatoms. The number of hydrogen-bond donors (Lipinski definition) is 2. The number of methoxy groups -OCH3 is 3. The molecule has 0 aromatic heterocycles. The summed E-state index contributed by atoms with van der Waals surface area (Å²) in [5.41, 5.74) is 0.971. The van der Waals surface area contributed by atoms with Crippen LogP contribution in [0, 0.1) is 0 Å². The molecule has 0 saturated heterocycles. The van der Waals surface area contributed by atoms with Crippen molar-refractivity contribution in [1.29, 1.82) is 0 Å². The van der Waals surface area contributed by atoms with Crippen LogP contribution in [-0.4, -0.2) is 40.9 Å². The second kappa shape index (κ2) is 12.1. The molecule has 0 amide bonds. The average molecular weight is 437 g/mol. The molecule has 23 heavy (non-hydrogen) atoms. The van der Waals surface area contributed by atoms with Crippen LogP contribution in [0.5, 0.6) is 17.2 Å². The summed E-state index contributed by atoms with van der Waals surface area (Å²) in [6, 6.07) is 3.73. The Morgan fingerprint density at radius 2 is 1.61 bits per heavy atom. The lowest BCUT2D eigenvalue weighted by molar-refractivity contribution is 0.347. The molecule has 0 bridgehead atoms. The largest absolute Gasteiger partial charge is 0.496 e. The third kappa shape index (κ3) is 6.72. The molecule has 0 aliphatic heterocycles. The van der Waals surface area contributed by atoms with E-state index in [0.717, 1.165) is 36.7 Å². The van der Waals surface area contributed by atoms with Gasteiger partial charge in [-0.15, -0.1) is 24.0 Å². The minimum absolute atomic E-state index is 0. The minimum atomic E-state index is 0. The zero-order chi connectivity index (χ0) is 16.4. The average Bonchev–Trinajstić information content (AvgIpc) is 2.57. The van der Waals surface area contributed by atoms with Crippen molar-refractivity contribution >= 4 is 29.9 Å². The molecule has 6 nitrogen and oxygen atoms in total. The Bertz CT molecular complexity index is 496. The molecule has 132 valence electrons. The van der Waals surface area contributed by atoms with Crippen LogP contribution in [0.2, 0.25) is 0 Å². The SMILES string of the molecule is CCCCNC(=NC)NCc1cc(OC)c(OC)cc1OC.I. The van der Waals surface area contributed by atoms with Crippen molar-refractivity contribution in [3.8, 4) is 17.2 Å². The maximum atomic E-state index is 5.42. The number of benzene rings is 1. The quantitative estimate of drug-likeness (QED) is 0.284. The molecule has 0 fully saturated rings. The van der Waals surface area contributed by atoms with Gasteiger partial charge in [0.25, 0.3) is 0 Å². The lowest BCUT2D eigenvalue weighted by Gasteiger charge is -2.16. The topological polar surface area (TPSA) is 64.1 Å². The zero-order valence-electron chi connectivity index (χ0n) is 14.6. The summed E-state index contributed by atoms with van der Waals surface area (Å²) in [5.74, 6) is 2.84. The van der Waals surface area contributed by atoms with E-state index in [2.05, 4.69) is 22.5 Å². The van der Waals surface area contributed by atoms with Crippen molar-refractivity contribution in [2.24, 2.45) is 4.99 Å². The van der Waals surface area contributed by atoms with Gasteiger partial charge in [0.2, 0.25) is 0 Å². The van der Waals surface area contributed by atoms with Gasteiger partial charge >= 0.3 is 0 Å². The van der Waals surface area contributed by atoms with Crippen molar-refractivity contribution in [2.75, 3.05) is 34.9 Å². The fourth-order valence-corrected chi connectivity index (χ4v) is 2.01. The van der Waals surface area contributed by atoms with E-state index in [4.69, 9.17) is 14.2 Å². The van der Waals surface area contributed by atoms with Gasteiger partial charge in [0.1, 0.15) is 5.75 Å². The summed E-state index contributed by atoms with van der Waals surface area (Å²) in [6.07, 6.45) is 2.26. The lowest BCUT2D eigenvalue weighted by Crippen LogP contribution is -2.37. The van der Waals surface area contributed by atoms with Crippen LogP contribution in [0.15, 0.2) is 17.1 Å². The second-order valence-corrected chi connectivity index (χ2v) is 4.73. The van der Waals surface area contributed by atoms with E-state index < -0.39 is 0 Å². The Morgan fingerprint density at radius 1 is 1.00 bits per heavy atom. The van der Waals surface area contributed by atoms with Crippen LogP contribution in [-0.2, 0) is 6.54 Å². The molecule has 1 rings (SSSR count). The van der Waals surface area contributed by atoms with Gasteiger partial charge in [0.15, 0.2) is 17.5 Å². The molecular formula is C16H28IN3O3. The maximum absolute atomic E-state index is 5.42. The summed E-state index contributed by atoms with van der Waals surface area (Å²) in [6.45, 7) is 3.64. The van der Waals surface area contributed by atoms with E-state index in [1.807, 2.05) is 12.1 Å². The van der Waals surface area contributed by atoms with E-state index in [1.54, 1.807) is 28.4 Å². The van der Waals surface area contributed by atoms with Crippen LogP contribution in [0.3, 0.4) is 0 Å². The molecule has 0 atom stereocenters. The van der Waals surface area contributed by atoms with Crippen molar-refractivity contribution in [1.82, 2.24) is 10.6 Å². The van der Waals surface area contributed by atoms with Crippen LogP contribution in [0.25, 0.3) is 0 Å². The van der Waals surface area contributed by atoms with Gasteiger partial charge in [-0.1, -0.05) is 13.3 Å². The number of halogens is 1. The molecule has 0 spiro atoms. The fourth-order valence-electron chi connectivity index (χ4n) is 2.01. The highest BCUT2D eigenvalue weighted by atomic mass is 127. The molecule has 1 aromatic carbocycles. The van der Waals surface area contributed by atoms with Gasteiger partial charge in [-0.05, 0) is 12.5 Å². The number of nitrogens with zero attached hydrogens (tertiary/aromatic N) is 1. The zero-order valence-corrected chi connectivity index (χ0v) is 16.9. The molecule has 0 radical (unpaired) electrons. The third-order valence-electron chi connectivity index (χ3n) is 3.28. The van der Waals surface area contributed by atoms with Gasteiger partial charge in [-0.3, -0.25) is 4.99 Å². The smallest absolute Gasteiger partial charge is 0.191 e. The maximum Gasteiger partial charge on any atom is 0.191 e. The number of nitrogens with one attached hydrogen (secondary N) is 2. The summed E-state index contributed by atoms with van der Waals surface area (Å²) in [4.78, 5) is 4.20. The molecule has 0 heterocycles. The monoisotopic (exact) mass is 437 g/mol. The van der Waals surface area contributed by atoms with Gasteiger partial charge in [-0.2, -0.15) is 0 Å². The van der Waals surface area contributed by atoms with Crippen LogP contribution < -0.4 is 24.8 Å². The van der Waals surface area contributed by atoms with E-state index in [9.17, 15) is 0 Å². The molecule has 0 aliphatic rings. The first-order valence-electron chi connectivity index (χ1n) is 7.43. The van der Waals surface area contributed by atoms with Crippen LogP contribution >= 0.6 is 24.0 Å². The first-order valence-corrected chi connectivity index (χ1v) is 7.43. The first kappa shape index (κ1) is 21.6. The van der Waals surface area contributed by atoms with Crippen molar-refractivity contribution in [3.63, 3.8) is 0 Å². The lowest BCUT2D eigenvalue weighted by atomic mass is 10.1. The summed E-state index contributed by atoms with van der Waals surface area (Å²) >= 11 is 0. The number of rotatable bonds is 8. The molecule has 0 saturated carbocycles. The van der Waals surface area contributed by atoms with Gasteiger partial charge in [-0.25, -0.2) is 0 Å². The molecule has 1 aromatic rings. The summed E-state index contributed by atoms with van der Waals surface area (Å²) < 4.78 is 16.0. The Balaban J connectivity index is 0.00000484. The predicted molar refractivity (Wildman–Crippen MR) is 105 cm³/mol. The summed E-state index contributed by atoms with van der Waals surface area (Å²) in [5, 5.41) is 6.54. The first-order chi connectivity index (χ1) is 10.7. The number of guanidine groups is 1. The third-order valence-corrected chi connectivity index (χ3v) is 3.28. The normalized spacial score (nSPS) is 10.6. The van der Waals surface area contributed by atoms with Gasteiger partial charge in [0.05, 0.1) is 21.3 Å². The van der Waals surface area contributed by atoms with Crippen LogP contribution in [0.4, 0.5) is 0 Å². The van der Waals surface area contributed by atoms with Crippen molar-refractivity contribution in [3.05, 3.63) is 17.7 Å². The molecule has 0 unspecified atom stereocenters. The number of unbranched alkanes of at least 4 members (excludes halogenated alkanes) is 1. The van der Waals surface area contributed by atoms with Gasteiger partial charge in [0, 0.05) is 31.8 Å². The van der Waals surface area contributed by atoms with E-state index in [1.165, 1.54) is 0 Å². The fraction of sp³-hybridized carbons (Fsp3) is 0.562. The second-order valence-electron chi connectivity index (χ2n) is 4.73. The number of hydrogen-bond acceptors (Lipinski definition) is 4. The minimum Gasteiger partial charge on any atom is -0.496 e. The van der Waals surface area contributed by atoms with E-state index >= 15 is 0 Å². The summed E-state index contributed by atoms with van der Waals surface area (Å²) in [7, 11) is 6.62. The van der Waals surface area contributed by atoms with E-state index in [-0.39, 0.29) is 24.0 Å².